The molecule has 0 saturated carbocycles. The predicted molar refractivity (Wildman–Crippen MR) is 144 cm³/mol. The van der Waals surface area contributed by atoms with Crippen LogP contribution >= 0.6 is 0 Å². The first-order valence-corrected chi connectivity index (χ1v) is 12.6. The van der Waals surface area contributed by atoms with Crippen molar-refractivity contribution in [2.45, 2.75) is 40.2 Å². The van der Waals surface area contributed by atoms with Crippen LogP contribution in [0.1, 0.15) is 42.1 Å². The summed E-state index contributed by atoms with van der Waals surface area (Å²) in [5, 5.41) is 26.6. The highest BCUT2D eigenvalue weighted by Crippen LogP contribution is 2.14. The van der Waals surface area contributed by atoms with E-state index in [9.17, 15) is 10.1 Å². The van der Waals surface area contributed by atoms with Crippen molar-refractivity contribution in [2.75, 3.05) is 44.6 Å². The number of nitriles is 1. The molecule has 1 aromatic heterocycles. The summed E-state index contributed by atoms with van der Waals surface area (Å²) in [6.45, 7) is 16.1. The van der Waals surface area contributed by atoms with Gasteiger partial charge in [0.1, 0.15) is 0 Å². The van der Waals surface area contributed by atoms with Crippen LogP contribution in [-0.2, 0) is 11.3 Å². The largest absolute Gasteiger partial charge is 0.368 e. The number of amides is 1. The Kier molecular flexibility index (Phi) is 10.0. The van der Waals surface area contributed by atoms with Crippen LogP contribution in [0.15, 0.2) is 30.5 Å². The minimum absolute atomic E-state index is 0.535. The highest BCUT2D eigenvalue weighted by atomic mass is 16.1. The van der Waals surface area contributed by atoms with E-state index in [1.165, 1.54) is 25.9 Å². The molecule has 4 rings (SSSR count). The fraction of sp³-hybridized carbons (Fsp3) is 0.429. The Hall–Kier alpha value is -3.70. The molecule has 0 bridgehead atoms. The van der Waals surface area contributed by atoms with E-state index in [1.807, 2.05) is 51.1 Å². The average molecular weight is 488 g/mol. The molecule has 0 radical (unpaired) electrons. The molecule has 2 N–H and O–H groups in total. The van der Waals surface area contributed by atoms with Crippen molar-refractivity contribution in [3.05, 3.63) is 63.3 Å². The first-order chi connectivity index (χ1) is 17.5. The molecular formula is C28H37N7O. The maximum Gasteiger partial charge on any atom is 0.209 e. The average Bonchev–Trinajstić information content (AvgIpc) is 3.50. The number of rotatable bonds is 6. The van der Waals surface area contributed by atoms with E-state index >= 15 is 0 Å². The minimum Gasteiger partial charge on any atom is -0.368 e. The Morgan fingerprint density at radius 2 is 1.89 bits per heavy atom. The number of benzene rings is 1. The van der Waals surface area contributed by atoms with Crippen LogP contribution in [0.5, 0.6) is 0 Å². The van der Waals surface area contributed by atoms with Gasteiger partial charge < -0.3 is 20.4 Å². The van der Waals surface area contributed by atoms with E-state index in [-0.39, 0.29) is 0 Å². The van der Waals surface area contributed by atoms with Gasteiger partial charge in [-0.15, -0.1) is 5.10 Å². The smallest absolute Gasteiger partial charge is 0.209 e. The SMILES string of the molecule is C1CCNC1.C=C(/C=c1/c(NCc2cccc(C#N)c2C)nnc(C)/c1=C/C)N1CCN(C=O)CC1. The zero-order chi connectivity index (χ0) is 25.9. The molecule has 2 aromatic rings. The molecule has 1 aromatic carbocycles. The highest BCUT2D eigenvalue weighted by Gasteiger charge is 2.16. The first kappa shape index (κ1) is 26.9. The third-order valence-corrected chi connectivity index (χ3v) is 6.67. The lowest BCUT2D eigenvalue weighted by atomic mass is 10.0. The quantitative estimate of drug-likeness (QED) is 0.600. The van der Waals surface area contributed by atoms with Crippen LogP contribution in [0.4, 0.5) is 5.82 Å². The van der Waals surface area contributed by atoms with E-state index in [4.69, 9.17) is 0 Å². The molecule has 3 heterocycles. The number of piperazine rings is 1. The van der Waals surface area contributed by atoms with Gasteiger partial charge in [0.2, 0.25) is 6.41 Å². The zero-order valence-corrected chi connectivity index (χ0v) is 21.7. The van der Waals surface area contributed by atoms with Crippen molar-refractivity contribution >= 4 is 24.4 Å². The summed E-state index contributed by atoms with van der Waals surface area (Å²) in [4.78, 5) is 14.9. The Labute approximate surface area is 214 Å². The third kappa shape index (κ3) is 6.92. The lowest BCUT2D eigenvalue weighted by Crippen LogP contribution is -2.45. The second-order valence-corrected chi connectivity index (χ2v) is 9.03. The molecule has 2 aliphatic rings. The lowest BCUT2D eigenvalue weighted by molar-refractivity contribution is -0.119. The van der Waals surface area contributed by atoms with Crippen LogP contribution in [0.25, 0.3) is 12.2 Å². The molecule has 0 unspecified atom stereocenters. The maximum absolute atomic E-state index is 11.0. The normalized spacial score (nSPS) is 16.3. The van der Waals surface area contributed by atoms with E-state index in [0.29, 0.717) is 31.0 Å². The molecule has 190 valence electrons. The number of hydrogen-bond acceptors (Lipinski definition) is 7. The van der Waals surface area contributed by atoms with Crippen molar-refractivity contribution in [1.82, 2.24) is 25.3 Å². The van der Waals surface area contributed by atoms with Gasteiger partial charge in [-0.25, -0.2) is 0 Å². The minimum atomic E-state index is 0.535. The molecule has 0 atom stereocenters. The lowest BCUT2D eigenvalue weighted by Gasteiger charge is -2.34. The summed E-state index contributed by atoms with van der Waals surface area (Å²) >= 11 is 0. The number of aromatic nitrogens is 2. The topological polar surface area (TPSA) is 97.2 Å². The van der Waals surface area contributed by atoms with E-state index in [1.54, 1.807) is 4.90 Å². The van der Waals surface area contributed by atoms with Gasteiger partial charge in [0.25, 0.3) is 0 Å². The number of carbonyl (C=O) groups excluding carboxylic acids is 1. The van der Waals surface area contributed by atoms with Crippen molar-refractivity contribution in [3.8, 4) is 6.07 Å². The number of nitrogens with one attached hydrogen (secondary N) is 2. The number of anilines is 1. The number of carbonyl (C=O) groups is 1. The summed E-state index contributed by atoms with van der Waals surface area (Å²) < 4.78 is 0. The third-order valence-electron chi connectivity index (χ3n) is 6.67. The van der Waals surface area contributed by atoms with Crippen LogP contribution < -0.4 is 21.1 Å². The summed E-state index contributed by atoms with van der Waals surface area (Å²) in [6.07, 6.45) is 7.74. The number of aryl methyl sites for hydroxylation is 1. The monoisotopic (exact) mass is 487 g/mol. The maximum atomic E-state index is 11.0. The zero-order valence-electron chi connectivity index (χ0n) is 21.7. The summed E-state index contributed by atoms with van der Waals surface area (Å²) in [7, 11) is 0. The van der Waals surface area contributed by atoms with Gasteiger partial charge in [-0.05, 0) is 70.0 Å². The molecule has 36 heavy (non-hydrogen) atoms. The second-order valence-electron chi connectivity index (χ2n) is 9.03. The molecule has 0 spiro atoms. The standard InChI is InChI=1S/C24H28N6O.C4H9N/c1-5-22-19(4)27-28-24(26-15-21-8-6-7-20(14-25)18(21)3)23(22)13-17(2)30-11-9-29(16-31)10-12-30;1-2-4-5-3-1/h5-8,13,16H,2,9-12,15H2,1,3-4H3,(H,26,28);5H,1-4H2/b22-5-,23-13+;. The van der Waals surface area contributed by atoms with E-state index in [0.717, 1.165) is 52.5 Å². The molecule has 8 nitrogen and oxygen atoms in total. The van der Waals surface area contributed by atoms with E-state index in [2.05, 4.69) is 38.4 Å². The molecule has 2 aliphatic heterocycles. The van der Waals surface area contributed by atoms with Gasteiger partial charge in [-0.3, -0.25) is 4.79 Å². The molecule has 1 amide bonds. The van der Waals surface area contributed by atoms with Gasteiger partial charge >= 0.3 is 0 Å². The number of hydrogen-bond donors (Lipinski definition) is 2. The van der Waals surface area contributed by atoms with Crippen LogP contribution in [0.2, 0.25) is 0 Å². The summed E-state index contributed by atoms with van der Waals surface area (Å²) in [5.74, 6) is 0.674. The number of nitrogens with zero attached hydrogens (tertiary/aromatic N) is 5. The Morgan fingerprint density at radius 1 is 1.17 bits per heavy atom. The van der Waals surface area contributed by atoms with Gasteiger partial charge in [-0.2, -0.15) is 10.4 Å². The van der Waals surface area contributed by atoms with Crippen molar-refractivity contribution in [2.24, 2.45) is 0 Å². The Balaban J connectivity index is 0.000000642. The fourth-order valence-electron chi connectivity index (χ4n) is 4.37. The van der Waals surface area contributed by atoms with Gasteiger partial charge in [0.15, 0.2) is 5.82 Å². The van der Waals surface area contributed by atoms with Gasteiger partial charge in [-0.1, -0.05) is 24.8 Å². The molecule has 2 saturated heterocycles. The Morgan fingerprint density at radius 3 is 2.47 bits per heavy atom. The van der Waals surface area contributed by atoms with Crippen molar-refractivity contribution in [3.63, 3.8) is 0 Å². The van der Waals surface area contributed by atoms with Gasteiger partial charge in [0, 0.05) is 48.9 Å². The molecule has 0 aliphatic carbocycles. The molecule has 2 fully saturated rings. The van der Waals surface area contributed by atoms with Crippen molar-refractivity contribution in [1.29, 1.82) is 5.26 Å². The fourth-order valence-corrected chi connectivity index (χ4v) is 4.37. The Bertz CT molecular complexity index is 1210. The molecule has 8 heteroatoms. The predicted octanol–water partition coefficient (Wildman–Crippen LogP) is 1.82. The van der Waals surface area contributed by atoms with Crippen LogP contribution in [0, 0.1) is 25.2 Å². The van der Waals surface area contributed by atoms with Crippen LogP contribution in [-0.4, -0.2) is 65.7 Å². The van der Waals surface area contributed by atoms with Gasteiger partial charge in [0.05, 0.1) is 17.3 Å². The highest BCUT2D eigenvalue weighted by molar-refractivity contribution is 5.54. The number of allylic oxidation sites excluding steroid dienone is 1. The first-order valence-electron chi connectivity index (χ1n) is 12.6. The van der Waals surface area contributed by atoms with Crippen molar-refractivity contribution < 1.29 is 4.79 Å². The van der Waals surface area contributed by atoms with Crippen LogP contribution in [0.3, 0.4) is 0 Å². The van der Waals surface area contributed by atoms with E-state index < -0.39 is 0 Å². The second kappa shape index (κ2) is 13.4. The summed E-state index contributed by atoms with van der Waals surface area (Å²) in [5.41, 5.74) is 4.40. The summed E-state index contributed by atoms with van der Waals surface area (Å²) in [6, 6.07) is 7.95. The molecular weight excluding hydrogens is 450 g/mol.